The number of hydrogen-bond acceptors (Lipinski definition) is 2. The fraction of sp³-hybridized carbons (Fsp3) is 0.111. The molecule has 0 aliphatic carbocycles. The lowest BCUT2D eigenvalue weighted by atomic mass is 10.1. The Balaban J connectivity index is 3.14. The molecule has 1 heterocycles. The summed E-state index contributed by atoms with van der Waals surface area (Å²) < 4.78 is 36.4. The zero-order chi connectivity index (χ0) is 10.8. The van der Waals surface area contributed by atoms with Crippen molar-refractivity contribution in [2.75, 3.05) is 0 Å². The number of ketones is 1. The van der Waals surface area contributed by atoms with Gasteiger partial charge in [-0.3, -0.25) is 9.78 Å². The molecule has 0 saturated carbocycles. The Bertz CT molecular complexity index is 371. The van der Waals surface area contributed by atoms with E-state index < -0.39 is 17.7 Å². The first kappa shape index (κ1) is 10.4. The predicted molar refractivity (Wildman–Crippen MR) is 43.8 cm³/mol. The molecule has 2 nitrogen and oxygen atoms in total. The first-order valence-electron chi connectivity index (χ1n) is 3.65. The summed E-state index contributed by atoms with van der Waals surface area (Å²) in [5.41, 5.74) is -1.15. The third-order valence-corrected chi connectivity index (χ3v) is 1.52. The standard InChI is InChI=1S/C9H6F3NO/c1-2-7(14)6-3-4-13-8(5-6)9(10,11)12/h2-5H,1H2. The maximum Gasteiger partial charge on any atom is 0.433 e. The molecule has 0 bridgehead atoms. The maximum atomic E-state index is 12.1. The fourth-order valence-corrected chi connectivity index (χ4v) is 0.857. The van der Waals surface area contributed by atoms with Gasteiger partial charge in [0.25, 0.3) is 0 Å². The summed E-state index contributed by atoms with van der Waals surface area (Å²) >= 11 is 0. The molecule has 0 aromatic carbocycles. The molecule has 0 fully saturated rings. The van der Waals surface area contributed by atoms with Crippen LogP contribution in [0.3, 0.4) is 0 Å². The number of aromatic nitrogens is 1. The molecule has 0 N–H and O–H groups in total. The predicted octanol–water partition coefficient (Wildman–Crippen LogP) is 2.47. The van der Waals surface area contributed by atoms with Crippen molar-refractivity contribution in [1.82, 2.24) is 4.98 Å². The first-order valence-corrected chi connectivity index (χ1v) is 3.65. The minimum Gasteiger partial charge on any atom is -0.289 e. The van der Waals surface area contributed by atoms with Crippen LogP contribution in [0.4, 0.5) is 13.2 Å². The summed E-state index contributed by atoms with van der Waals surface area (Å²) in [4.78, 5) is 14.1. The van der Waals surface area contributed by atoms with Crippen molar-refractivity contribution in [3.63, 3.8) is 0 Å². The molecule has 0 amide bonds. The van der Waals surface area contributed by atoms with Crippen LogP contribution < -0.4 is 0 Å². The lowest BCUT2D eigenvalue weighted by Crippen LogP contribution is -2.09. The fourth-order valence-electron chi connectivity index (χ4n) is 0.857. The van der Waals surface area contributed by atoms with Crippen LogP contribution in [0.1, 0.15) is 16.1 Å². The summed E-state index contributed by atoms with van der Waals surface area (Å²) in [6.45, 7) is 3.18. The van der Waals surface area contributed by atoms with E-state index in [4.69, 9.17) is 0 Å². The number of nitrogens with zero attached hydrogens (tertiary/aromatic N) is 1. The molecular weight excluding hydrogens is 195 g/mol. The number of pyridine rings is 1. The smallest absolute Gasteiger partial charge is 0.289 e. The number of halogens is 3. The summed E-state index contributed by atoms with van der Waals surface area (Å²) in [7, 11) is 0. The Morgan fingerprint density at radius 2 is 2.14 bits per heavy atom. The van der Waals surface area contributed by atoms with Crippen LogP contribution in [0.15, 0.2) is 31.0 Å². The highest BCUT2D eigenvalue weighted by molar-refractivity contribution is 6.04. The largest absolute Gasteiger partial charge is 0.433 e. The van der Waals surface area contributed by atoms with Crippen LogP contribution in [0.25, 0.3) is 0 Å². The summed E-state index contributed by atoms with van der Waals surface area (Å²) in [6, 6.07) is 1.91. The van der Waals surface area contributed by atoms with Gasteiger partial charge in [-0.2, -0.15) is 13.2 Å². The van der Waals surface area contributed by atoms with Crippen LogP contribution in [-0.2, 0) is 6.18 Å². The molecular formula is C9H6F3NO. The van der Waals surface area contributed by atoms with Crippen LogP contribution >= 0.6 is 0 Å². The van der Waals surface area contributed by atoms with Gasteiger partial charge in [0.15, 0.2) is 5.78 Å². The minimum absolute atomic E-state index is 0.0673. The topological polar surface area (TPSA) is 30.0 Å². The molecule has 0 saturated heterocycles. The van der Waals surface area contributed by atoms with E-state index in [1.54, 1.807) is 0 Å². The lowest BCUT2D eigenvalue weighted by molar-refractivity contribution is -0.141. The molecule has 14 heavy (non-hydrogen) atoms. The van der Waals surface area contributed by atoms with Crippen LogP contribution in [0, 0.1) is 0 Å². The summed E-state index contributed by atoms with van der Waals surface area (Å²) in [5, 5.41) is 0. The maximum absolute atomic E-state index is 12.1. The van der Waals surface area contributed by atoms with Crippen molar-refractivity contribution in [2.24, 2.45) is 0 Å². The van der Waals surface area contributed by atoms with Crippen LogP contribution in [0.2, 0.25) is 0 Å². The molecule has 0 aliphatic heterocycles. The van der Waals surface area contributed by atoms with Gasteiger partial charge in [0.2, 0.25) is 0 Å². The summed E-state index contributed by atoms with van der Waals surface area (Å²) in [6.07, 6.45) is -2.63. The van der Waals surface area contributed by atoms with Gasteiger partial charge in [-0.25, -0.2) is 0 Å². The summed E-state index contributed by atoms with van der Waals surface area (Å²) in [5.74, 6) is -0.557. The van der Waals surface area contributed by atoms with E-state index in [0.717, 1.165) is 12.3 Å². The van der Waals surface area contributed by atoms with E-state index in [2.05, 4.69) is 11.6 Å². The van der Waals surface area contributed by atoms with E-state index in [0.29, 0.717) is 6.07 Å². The molecule has 5 heteroatoms. The molecule has 0 aliphatic rings. The van der Waals surface area contributed by atoms with Crippen molar-refractivity contribution in [2.45, 2.75) is 6.18 Å². The van der Waals surface area contributed by atoms with Gasteiger partial charge in [0.1, 0.15) is 5.69 Å². The van der Waals surface area contributed by atoms with Crippen molar-refractivity contribution in [1.29, 1.82) is 0 Å². The molecule has 1 aromatic heterocycles. The van der Waals surface area contributed by atoms with Crippen LogP contribution in [-0.4, -0.2) is 10.8 Å². The normalized spacial score (nSPS) is 11.1. The van der Waals surface area contributed by atoms with Gasteiger partial charge in [-0.05, 0) is 18.2 Å². The zero-order valence-corrected chi connectivity index (χ0v) is 7.01. The van der Waals surface area contributed by atoms with E-state index in [9.17, 15) is 18.0 Å². The molecule has 1 aromatic rings. The van der Waals surface area contributed by atoms with Crippen molar-refractivity contribution in [3.05, 3.63) is 42.2 Å². The third-order valence-electron chi connectivity index (χ3n) is 1.52. The minimum atomic E-state index is -4.53. The highest BCUT2D eigenvalue weighted by Gasteiger charge is 2.32. The highest BCUT2D eigenvalue weighted by atomic mass is 19.4. The zero-order valence-electron chi connectivity index (χ0n) is 7.01. The molecule has 1 rings (SSSR count). The van der Waals surface area contributed by atoms with Crippen molar-refractivity contribution < 1.29 is 18.0 Å². The first-order chi connectivity index (χ1) is 6.45. The highest BCUT2D eigenvalue weighted by Crippen LogP contribution is 2.27. The average molecular weight is 201 g/mol. The Labute approximate surface area is 78.1 Å². The van der Waals surface area contributed by atoms with E-state index >= 15 is 0 Å². The van der Waals surface area contributed by atoms with Gasteiger partial charge in [0.05, 0.1) is 0 Å². The number of allylic oxidation sites excluding steroid dienone is 1. The molecule has 74 valence electrons. The number of hydrogen-bond donors (Lipinski definition) is 0. The third kappa shape index (κ3) is 2.18. The second-order valence-electron chi connectivity index (χ2n) is 2.50. The molecule has 0 spiro atoms. The van der Waals surface area contributed by atoms with E-state index in [1.807, 2.05) is 0 Å². The Kier molecular flexibility index (Phi) is 2.69. The lowest BCUT2D eigenvalue weighted by Gasteiger charge is -2.05. The SMILES string of the molecule is C=CC(=O)c1ccnc(C(F)(F)F)c1. The van der Waals surface area contributed by atoms with Crippen molar-refractivity contribution >= 4 is 5.78 Å². The molecule has 0 radical (unpaired) electrons. The van der Waals surface area contributed by atoms with Gasteiger partial charge < -0.3 is 0 Å². The monoisotopic (exact) mass is 201 g/mol. The van der Waals surface area contributed by atoms with Crippen LogP contribution in [0.5, 0.6) is 0 Å². The van der Waals surface area contributed by atoms with Gasteiger partial charge in [-0.1, -0.05) is 6.58 Å². The second kappa shape index (κ2) is 3.61. The number of carbonyl (C=O) groups excluding carboxylic acids is 1. The molecule has 0 unspecified atom stereocenters. The Hall–Kier alpha value is -1.65. The number of alkyl halides is 3. The van der Waals surface area contributed by atoms with E-state index in [-0.39, 0.29) is 5.56 Å². The number of carbonyl (C=O) groups is 1. The quantitative estimate of drug-likeness (QED) is 0.543. The van der Waals surface area contributed by atoms with E-state index in [1.165, 1.54) is 6.07 Å². The second-order valence-corrected chi connectivity index (χ2v) is 2.50. The van der Waals surface area contributed by atoms with Gasteiger partial charge in [0, 0.05) is 11.8 Å². The average Bonchev–Trinajstić information content (AvgIpc) is 2.15. The molecule has 0 atom stereocenters. The number of rotatable bonds is 2. The Morgan fingerprint density at radius 3 is 2.64 bits per heavy atom. The Morgan fingerprint density at radius 1 is 1.50 bits per heavy atom. The van der Waals surface area contributed by atoms with Gasteiger partial charge in [-0.15, -0.1) is 0 Å². The van der Waals surface area contributed by atoms with Gasteiger partial charge >= 0.3 is 6.18 Å². The van der Waals surface area contributed by atoms with Crippen molar-refractivity contribution in [3.8, 4) is 0 Å².